The summed E-state index contributed by atoms with van der Waals surface area (Å²) >= 11 is 0. The smallest absolute Gasteiger partial charge is 0.00106 e. The number of halogens is 2. The summed E-state index contributed by atoms with van der Waals surface area (Å²) in [5, 5.41) is 3.41. The summed E-state index contributed by atoms with van der Waals surface area (Å²) in [6.07, 6.45) is 4.23. The number of nitrogens with zero attached hydrogens (tertiary/aromatic N) is 1. The Bertz CT molecular complexity index is 123. The normalized spacial score (nSPS) is 24.0. The van der Waals surface area contributed by atoms with E-state index in [9.17, 15) is 0 Å². The van der Waals surface area contributed by atoms with Crippen molar-refractivity contribution in [2.75, 3.05) is 32.7 Å². The van der Waals surface area contributed by atoms with Crippen LogP contribution >= 0.6 is 24.8 Å². The van der Waals surface area contributed by atoms with Gasteiger partial charge in [0, 0.05) is 6.54 Å². The molecular weight excluding hydrogens is 207 g/mol. The van der Waals surface area contributed by atoms with Gasteiger partial charge in [0.25, 0.3) is 0 Å². The van der Waals surface area contributed by atoms with E-state index in [2.05, 4.69) is 10.2 Å². The van der Waals surface area contributed by atoms with Crippen molar-refractivity contribution in [3.8, 4) is 0 Å². The van der Waals surface area contributed by atoms with Crippen molar-refractivity contribution in [2.45, 2.75) is 19.3 Å². The number of nitrogens with one attached hydrogen (secondary N) is 1. The molecule has 0 amide bonds. The number of hydrogen-bond donors (Lipinski definition) is 1. The number of hydrogen-bond acceptors (Lipinski definition) is 2. The first kappa shape index (κ1) is 13.5. The molecule has 0 unspecified atom stereocenters. The molecule has 2 saturated heterocycles. The molecule has 0 aromatic heterocycles. The molecule has 1 N–H and O–H groups in total. The van der Waals surface area contributed by atoms with Gasteiger partial charge in [0.05, 0.1) is 0 Å². The van der Waals surface area contributed by atoms with E-state index in [0.717, 1.165) is 5.92 Å². The average Bonchev–Trinajstić information content (AvgIpc) is 1.99. The van der Waals surface area contributed by atoms with E-state index in [4.69, 9.17) is 0 Å². The zero-order valence-corrected chi connectivity index (χ0v) is 9.63. The van der Waals surface area contributed by atoms with E-state index >= 15 is 0 Å². The van der Waals surface area contributed by atoms with E-state index in [0.29, 0.717) is 0 Å². The summed E-state index contributed by atoms with van der Waals surface area (Å²) in [6, 6.07) is 0. The zero-order chi connectivity index (χ0) is 7.52. The van der Waals surface area contributed by atoms with Gasteiger partial charge in [0.15, 0.2) is 0 Å². The number of rotatable bonds is 2. The van der Waals surface area contributed by atoms with Crippen LogP contribution in [0.25, 0.3) is 0 Å². The third-order valence-electron chi connectivity index (χ3n) is 2.92. The molecule has 2 heterocycles. The second kappa shape index (κ2) is 6.88. The highest BCUT2D eigenvalue weighted by Gasteiger charge is 2.20. The third kappa shape index (κ3) is 4.03. The second-order valence-electron chi connectivity index (χ2n) is 3.85. The molecule has 0 saturated carbocycles. The maximum atomic E-state index is 3.41. The summed E-state index contributed by atoms with van der Waals surface area (Å²) in [7, 11) is 0. The molecule has 2 nitrogen and oxygen atoms in total. The Kier molecular flexibility index (Phi) is 7.15. The Balaban J connectivity index is 0.000000720. The summed E-state index contributed by atoms with van der Waals surface area (Å²) in [5.74, 6) is 0.997. The van der Waals surface area contributed by atoms with Crippen LogP contribution in [0.1, 0.15) is 19.3 Å². The van der Waals surface area contributed by atoms with E-state index in [-0.39, 0.29) is 24.8 Å². The highest BCUT2D eigenvalue weighted by Crippen LogP contribution is 2.16. The average molecular weight is 227 g/mol. The lowest BCUT2D eigenvalue weighted by molar-refractivity contribution is 0.139. The lowest BCUT2D eigenvalue weighted by Gasteiger charge is -2.35. The van der Waals surface area contributed by atoms with Crippen LogP contribution in [0.15, 0.2) is 0 Å². The molecule has 0 bridgehead atoms. The van der Waals surface area contributed by atoms with Crippen molar-refractivity contribution in [2.24, 2.45) is 5.92 Å². The van der Waals surface area contributed by atoms with Crippen LogP contribution in [-0.4, -0.2) is 37.6 Å². The van der Waals surface area contributed by atoms with E-state index in [1.54, 1.807) is 0 Å². The molecule has 4 heteroatoms. The van der Waals surface area contributed by atoms with Crippen molar-refractivity contribution in [3.05, 3.63) is 0 Å². The topological polar surface area (TPSA) is 15.3 Å². The van der Waals surface area contributed by atoms with Crippen LogP contribution in [0, 0.1) is 5.92 Å². The summed E-state index contributed by atoms with van der Waals surface area (Å²) in [4.78, 5) is 2.59. The first-order valence-corrected chi connectivity index (χ1v) is 4.88. The predicted octanol–water partition coefficient (Wildman–Crippen LogP) is 1.54. The molecule has 0 radical (unpaired) electrons. The molecule has 0 aromatic rings. The maximum Gasteiger partial charge on any atom is 0.00106 e. The molecule has 0 spiro atoms. The fraction of sp³-hybridized carbons (Fsp3) is 1.00. The first-order chi connectivity index (χ1) is 5.45. The van der Waals surface area contributed by atoms with Crippen LogP contribution < -0.4 is 5.32 Å². The fourth-order valence-corrected chi connectivity index (χ4v) is 1.99. The third-order valence-corrected chi connectivity index (χ3v) is 2.92. The van der Waals surface area contributed by atoms with Crippen LogP contribution in [0.4, 0.5) is 0 Å². The Morgan fingerprint density at radius 2 is 1.69 bits per heavy atom. The highest BCUT2D eigenvalue weighted by molar-refractivity contribution is 5.85. The van der Waals surface area contributed by atoms with Gasteiger partial charge in [-0.2, -0.15) is 0 Å². The molecular formula is C9H20Cl2N2. The minimum absolute atomic E-state index is 0. The minimum Gasteiger partial charge on any atom is -0.317 e. The van der Waals surface area contributed by atoms with Gasteiger partial charge in [-0.3, -0.25) is 0 Å². The largest absolute Gasteiger partial charge is 0.317 e. The lowest BCUT2D eigenvalue weighted by Crippen LogP contribution is -2.42. The standard InChI is InChI=1S/C9H18N2.2ClH/c1-6-11(7-1)8-9-2-4-10-5-3-9;;/h9-10H,1-8H2;2*1H. The molecule has 2 aliphatic heterocycles. The van der Waals surface area contributed by atoms with Gasteiger partial charge < -0.3 is 10.2 Å². The monoisotopic (exact) mass is 226 g/mol. The molecule has 0 aromatic carbocycles. The Morgan fingerprint density at radius 3 is 2.15 bits per heavy atom. The maximum absolute atomic E-state index is 3.41. The van der Waals surface area contributed by atoms with Gasteiger partial charge >= 0.3 is 0 Å². The predicted molar refractivity (Wildman–Crippen MR) is 61.1 cm³/mol. The zero-order valence-electron chi connectivity index (χ0n) is 8.00. The summed E-state index contributed by atoms with van der Waals surface area (Å²) in [5.41, 5.74) is 0. The summed E-state index contributed by atoms with van der Waals surface area (Å²) < 4.78 is 0. The molecule has 2 rings (SSSR count). The first-order valence-electron chi connectivity index (χ1n) is 4.88. The molecule has 0 atom stereocenters. The Labute approximate surface area is 93.3 Å². The van der Waals surface area contributed by atoms with Gasteiger partial charge in [-0.25, -0.2) is 0 Å². The van der Waals surface area contributed by atoms with Crippen molar-refractivity contribution in [1.29, 1.82) is 0 Å². The quantitative estimate of drug-likeness (QED) is 0.769. The molecule has 13 heavy (non-hydrogen) atoms. The minimum atomic E-state index is 0. The van der Waals surface area contributed by atoms with Gasteiger partial charge in [-0.15, -0.1) is 24.8 Å². The second-order valence-corrected chi connectivity index (χ2v) is 3.85. The van der Waals surface area contributed by atoms with Crippen LogP contribution in [0.5, 0.6) is 0 Å². The molecule has 2 aliphatic rings. The van der Waals surface area contributed by atoms with E-state index in [1.165, 1.54) is 52.0 Å². The number of piperidine rings is 1. The van der Waals surface area contributed by atoms with Gasteiger partial charge in [0.2, 0.25) is 0 Å². The van der Waals surface area contributed by atoms with E-state index in [1.807, 2.05) is 0 Å². The molecule has 2 fully saturated rings. The van der Waals surface area contributed by atoms with Crippen molar-refractivity contribution in [3.63, 3.8) is 0 Å². The Hall–Kier alpha value is 0.500. The van der Waals surface area contributed by atoms with Crippen molar-refractivity contribution >= 4 is 24.8 Å². The highest BCUT2D eigenvalue weighted by atomic mass is 35.5. The van der Waals surface area contributed by atoms with Crippen molar-refractivity contribution < 1.29 is 0 Å². The van der Waals surface area contributed by atoms with Crippen LogP contribution in [0.3, 0.4) is 0 Å². The number of likely N-dealkylation sites (tertiary alicyclic amines) is 1. The lowest BCUT2D eigenvalue weighted by atomic mass is 9.96. The van der Waals surface area contributed by atoms with Gasteiger partial charge in [-0.05, 0) is 51.4 Å². The summed E-state index contributed by atoms with van der Waals surface area (Å²) in [6.45, 7) is 6.60. The fourth-order valence-electron chi connectivity index (χ4n) is 1.99. The van der Waals surface area contributed by atoms with Gasteiger partial charge in [0.1, 0.15) is 0 Å². The van der Waals surface area contributed by atoms with Crippen LogP contribution in [-0.2, 0) is 0 Å². The SMILES string of the molecule is C1CN(CC2CCNCC2)C1.Cl.Cl. The molecule has 80 valence electrons. The van der Waals surface area contributed by atoms with E-state index < -0.39 is 0 Å². The van der Waals surface area contributed by atoms with Crippen LogP contribution in [0.2, 0.25) is 0 Å². The van der Waals surface area contributed by atoms with Crippen molar-refractivity contribution in [1.82, 2.24) is 10.2 Å². The Morgan fingerprint density at radius 1 is 1.08 bits per heavy atom. The van der Waals surface area contributed by atoms with Gasteiger partial charge in [-0.1, -0.05) is 0 Å². The molecule has 0 aliphatic carbocycles.